The van der Waals surface area contributed by atoms with Gasteiger partial charge in [-0.3, -0.25) is 5.41 Å². The number of amidine groups is 1. The molecule has 0 unspecified atom stereocenters. The van der Waals surface area contributed by atoms with Crippen molar-refractivity contribution in [3.63, 3.8) is 0 Å². The number of rotatable bonds is 1. The van der Waals surface area contributed by atoms with Gasteiger partial charge in [-0.15, -0.1) is 0 Å². The Labute approximate surface area is 87.3 Å². The molecule has 0 radical (unpaired) electrons. The second-order valence-electron chi connectivity index (χ2n) is 3.31. The lowest BCUT2D eigenvalue weighted by Crippen LogP contribution is -2.14. The normalized spacial score (nSPS) is 14.4. The largest absolute Gasteiger partial charge is 0.492 e. The molecule has 0 bridgehead atoms. The van der Waals surface area contributed by atoms with Crippen molar-refractivity contribution in [1.29, 1.82) is 5.41 Å². The van der Waals surface area contributed by atoms with Gasteiger partial charge in [-0.25, -0.2) is 0 Å². The van der Waals surface area contributed by atoms with E-state index in [9.17, 15) is 0 Å². The van der Waals surface area contributed by atoms with Gasteiger partial charge in [0.2, 0.25) is 0 Å². The molecule has 1 aliphatic rings. The molecule has 14 heavy (non-hydrogen) atoms. The highest BCUT2D eigenvalue weighted by atomic mass is 35.5. The summed E-state index contributed by atoms with van der Waals surface area (Å²) in [6, 6.07) is 3.55. The summed E-state index contributed by atoms with van der Waals surface area (Å²) in [5.74, 6) is 0.795. The molecule has 4 heteroatoms. The molecular weight excluding hydrogens is 200 g/mol. The molecule has 1 aliphatic heterocycles. The van der Waals surface area contributed by atoms with E-state index in [4.69, 9.17) is 27.5 Å². The summed E-state index contributed by atoms with van der Waals surface area (Å²) in [6.45, 7) is 0.714. The van der Waals surface area contributed by atoms with Crippen LogP contribution in [0.3, 0.4) is 0 Å². The summed E-state index contributed by atoms with van der Waals surface area (Å²) in [4.78, 5) is 0. The quantitative estimate of drug-likeness (QED) is 0.550. The van der Waals surface area contributed by atoms with Crippen LogP contribution in [0.15, 0.2) is 12.1 Å². The average Bonchev–Trinajstić information content (AvgIpc) is 2.17. The Morgan fingerprint density at radius 2 is 2.29 bits per heavy atom. The molecular formula is C10H11ClN2O. The molecule has 0 aromatic heterocycles. The van der Waals surface area contributed by atoms with Crippen LogP contribution in [0.5, 0.6) is 5.75 Å². The second kappa shape index (κ2) is 3.50. The van der Waals surface area contributed by atoms with Crippen LogP contribution in [0, 0.1) is 5.41 Å². The van der Waals surface area contributed by atoms with E-state index in [2.05, 4.69) is 0 Å². The SMILES string of the molecule is N=C(N)c1cc(Cl)c2c(c1)CCCO2. The van der Waals surface area contributed by atoms with Gasteiger partial charge >= 0.3 is 0 Å². The van der Waals surface area contributed by atoms with E-state index in [1.165, 1.54) is 0 Å². The smallest absolute Gasteiger partial charge is 0.141 e. The van der Waals surface area contributed by atoms with Gasteiger partial charge in [0, 0.05) is 5.56 Å². The van der Waals surface area contributed by atoms with E-state index in [1.807, 2.05) is 6.07 Å². The van der Waals surface area contributed by atoms with Crippen molar-refractivity contribution in [2.75, 3.05) is 6.61 Å². The Morgan fingerprint density at radius 1 is 1.50 bits per heavy atom. The number of hydrogen-bond donors (Lipinski definition) is 2. The molecule has 1 heterocycles. The molecule has 2 rings (SSSR count). The Hall–Kier alpha value is -1.22. The van der Waals surface area contributed by atoms with Crippen LogP contribution in [0.2, 0.25) is 5.02 Å². The highest BCUT2D eigenvalue weighted by Gasteiger charge is 2.15. The zero-order valence-electron chi connectivity index (χ0n) is 7.64. The van der Waals surface area contributed by atoms with E-state index in [1.54, 1.807) is 6.07 Å². The number of fused-ring (bicyclic) bond motifs is 1. The number of benzene rings is 1. The first-order valence-corrected chi connectivity index (χ1v) is 4.86. The number of aryl methyl sites for hydroxylation is 1. The maximum atomic E-state index is 7.33. The van der Waals surface area contributed by atoms with E-state index >= 15 is 0 Å². The fourth-order valence-electron chi connectivity index (χ4n) is 1.59. The van der Waals surface area contributed by atoms with E-state index in [0.29, 0.717) is 17.2 Å². The summed E-state index contributed by atoms with van der Waals surface area (Å²) >= 11 is 6.01. The fourth-order valence-corrected chi connectivity index (χ4v) is 1.88. The third-order valence-electron chi connectivity index (χ3n) is 2.27. The number of ether oxygens (including phenoxy) is 1. The fraction of sp³-hybridized carbons (Fsp3) is 0.300. The van der Waals surface area contributed by atoms with Gasteiger partial charge < -0.3 is 10.5 Å². The van der Waals surface area contributed by atoms with Crippen molar-refractivity contribution in [1.82, 2.24) is 0 Å². The number of hydrogen-bond acceptors (Lipinski definition) is 2. The van der Waals surface area contributed by atoms with Crippen LogP contribution in [-0.4, -0.2) is 12.4 Å². The van der Waals surface area contributed by atoms with Gasteiger partial charge in [0.05, 0.1) is 11.6 Å². The minimum absolute atomic E-state index is 0.0419. The minimum Gasteiger partial charge on any atom is -0.492 e. The molecule has 0 fully saturated rings. The summed E-state index contributed by atoms with van der Waals surface area (Å²) in [5, 5.41) is 7.88. The third-order valence-corrected chi connectivity index (χ3v) is 2.55. The molecule has 3 N–H and O–H groups in total. The van der Waals surface area contributed by atoms with Crippen molar-refractivity contribution in [2.45, 2.75) is 12.8 Å². The van der Waals surface area contributed by atoms with E-state index < -0.39 is 0 Å². The summed E-state index contributed by atoms with van der Waals surface area (Å²) in [5.41, 5.74) is 7.12. The van der Waals surface area contributed by atoms with Gasteiger partial charge in [0.25, 0.3) is 0 Å². The van der Waals surface area contributed by atoms with Crippen LogP contribution >= 0.6 is 11.6 Å². The molecule has 0 aliphatic carbocycles. The molecule has 3 nitrogen and oxygen atoms in total. The molecule has 0 atom stereocenters. The van der Waals surface area contributed by atoms with Crippen molar-refractivity contribution in [2.24, 2.45) is 5.73 Å². The van der Waals surface area contributed by atoms with Crippen LogP contribution in [-0.2, 0) is 6.42 Å². The molecule has 0 saturated heterocycles. The number of halogens is 1. The van der Waals surface area contributed by atoms with Crippen LogP contribution in [0.25, 0.3) is 0 Å². The average molecular weight is 211 g/mol. The monoisotopic (exact) mass is 210 g/mol. The molecule has 1 aromatic carbocycles. The van der Waals surface area contributed by atoms with Crippen molar-refractivity contribution < 1.29 is 4.74 Å². The lowest BCUT2D eigenvalue weighted by Gasteiger charge is -2.19. The van der Waals surface area contributed by atoms with Crippen molar-refractivity contribution in [3.8, 4) is 5.75 Å². The predicted octanol–water partition coefficient (Wildman–Crippen LogP) is 1.95. The van der Waals surface area contributed by atoms with E-state index in [-0.39, 0.29) is 5.84 Å². The summed E-state index contributed by atoms with van der Waals surface area (Å²) < 4.78 is 5.45. The highest BCUT2D eigenvalue weighted by molar-refractivity contribution is 6.32. The lowest BCUT2D eigenvalue weighted by atomic mass is 10.0. The van der Waals surface area contributed by atoms with Crippen molar-refractivity contribution >= 4 is 17.4 Å². The van der Waals surface area contributed by atoms with Gasteiger partial charge in [-0.1, -0.05) is 11.6 Å². The minimum atomic E-state index is 0.0419. The number of nitrogens with one attached hydrogen (secondary N) is 1. The molecule has 74 valence electrons. The predicted molar refractivity (Wildman–Crippen MR) is 56.3 cm³/mol. The topological polar surface area (TPSA) is 59.1 Å². The standard InChI is InChI=1S/C10H11ClN2O/c11-8-5-7(10(12)13)4-6-2-1-3-14-9(6)8/h4-5H,1-3H2,(H3,12,13). The Morgan fingerprint density at radius 3 is 3.00 bits per heavy atom. The Kier molecular flexibility index (Phi) is 2.33. The first-order valence-electron chi connectivity index (χ1n) is 4.48. The van der Waals surface area contributed by atoms with Crippen molar-refractivity contribution in [3.05, 3.63) is 28.3 Å². The molecule has 0 amide bonds. The number of nitrogen functional groups attached to an aromatic ring is 1. The van der Waals surface area contributed by atoms with Crippen LogP contribution in [0.1, 0.15) is 17.5 Å². The summed E-state index contributed by atoms with van der Waals surface area (Å²) in [6.07, 6.45) is 1.93. The van der Waals surface area contributed by atoms with Gasteiger partial charge in [0.1, 0.15) is 11.6 Å². The lowest BCUT2D eigenvalue weighted by molar-refractivity contribution is 0.288. The van der Waals surface area contributed by atoms with Gasteiger partial charge in [0.15, 0.2) is 0 Å². The van der Waals surface area contributed by atoms with Crippen LogP contribution in [0.4, 0.5) is 0 Å². The summed E-state index contributed by atoms with van der Waals surface area (Å²) in [7, 11) is 0. The number of nitrogens with two attached hydrogens (primary N) is 1. The maximum Gasteiger partial charge on any atom is 0.141 e. The Bertz CT molecular complexity index is 390. The second-order valence-corrected chi connectivity index (χ2v) is 3.72. The van der Waals surface area contributed by atoms with Gasteiger partial charge in [-0.05, 0) is 30.5 Å². The first-order chi connectivity index (χ1) is 6.68. The zero-order chi connectivity index (χ0) is 10.1. The van der Waals surface area contributed by atoms with Crippen LogP contribution < -0.4 is 10.5 Å². The highest BCUT2D eigenvalue weighted by Crippen LogP contribution is 2.33. The van der Waals surface area contributed by atoms with Gasteiger partial charge in [-0.2, -0.15) is 0 Å². The first kappa shape index (κ1) is 9.34. The molecule has 0 spiro atoms. The molecule has 1 aromatic rings. The maximum absolute atomic E-state index is 7.33. The third kappa shape index (κ3) is 1.55. The Balaban J connectivity index is 2.51. The van der Waals surface area contributed by atoms with E-state index in [0.717, 1.165) is 24.2 Å². The molecule has 0 saturated carbocycles. The zero-order valence-corrected chi connectivity index (χ0v) is 8.40.